The third kappa shape index (κ3) is 2.86. The Morgan fingerprint density at radius 3 is 1.76 bits per heavy atom. The molecule has 0 aromatic heterocycles. The van der Waals surface area contributed by atoms with Gasteiger partial charge in [0.15, 0.2) is 0 Å². The van der Waals surface area contributed by atoms with Crippen LogP contribution in [0.4, 0.5) is 0 Å². The molecule has 0 aliphatic carbocycles. The normalized spacial score (nSPS) is 10.0. The summed E-state index contributed by atoms with van der Waals surface area (Å²) in [6.45, 7) is 0. The minimum Gasteiger partial charge on any atom is -0.506 e. The fourth-order valence-electron chi connectivity index (χ4n) is 1.96. The minimum atomic E-state index is -0.726. The highest BCUT2D eigenvalue weighted by molar-refractivity contribution is 6.01. The highest BCUT2D eigenvalue weighted by Gasteiger charge is 2.21. The maximum atomic E-state index is 11.7. The zero-order valence-corrected chi connectivity index (χ0v) is 11.6. The van der Waals surface area contributed by atoms with Gasteiger partial charge in [0, 0.05) is 0 Å². The summed E-state index contributed by atoms with van der Waals surface area (Å²) < 4.78 is 9.25. The second kappa shape index (κ2) is 6.09. The van der Waals surface area contributed by atoms with Crippen molar-refractivity contribution in [1.82, 2.24) is 0 Å². The fourth-order valence-corrected chi connectivity index (χ4v) is 1.96. The number of benzene rings is 2. The number of hydrogen-bond acceptors (Lipinski definition) is 5. The van der Waals surface area contributed by atoms with E-state index in [2.05, 4.69) is 9.47 Å². The lowest BCUT2D eigenvalue weighted by molar-refractivity contribution is 0.0593. The molecule has 0 unspecified atom stereocenters. The van der Waals surface area contributed by atoms with E-state index >= 15 is 0 Å². The highest BCUT2D eigenvalue weighted by Crippen LogP contribution is 2.31. The number of carbonyl (C=O) groups excluding carboxylic acids is 2. The van der Waals surface area contributed by atoms with E-state index in [0.717, 1.165) is 5.56 Å². The molecule has 2 aromatic rings. The Morgan fingerprint density at radius 2 is 1.33 bits per heavy atom. The molecule has 5 nitrogen and oxygen atoms in total. The van der Waals surface area contributed by atoms with Gasteiger partial charge in [0.25, 0.3) is 0 Å². The Hall–Kier alpha value is -2.82. The number of hydrogen-bond donors (Lipinski definition) is 1. The van der Waals surface area contributed by atoms with Crippen molar-refractivity contribution in [2.75, 3.05) is 14.2 Å². The van der Waals surface area contributed by atoms with Crippen LogP contribution in [0.3, 0.4) is 0 Å². The molecular formula is C16H14O5. The van der Waals surface area contributed by atoms with Crippen LogP contribution in [0.25, 0.3) is 11.1 Å². The standard InChI is InChI=1S/C16H14O5/c1-20-15(18)12-8-11(10-6-4-3-5-7-10)9-13(14(12)17)16(19)21-2/h3-9,17H,1-2H3. The van der Waals surface area contributed by atoms with E-state index in [9.17, 15) is 14.7 Å². The molecule has 0 saturated carbocycles. The van der Waals surface area contributed by atoms with E-state index in [-0.39, 0.29) is 11.1 Å². The predicted molar refractivity (Wildman–Crippen MR) is 76.2 cm³/mol. The Kier molecular flexibility index (Phi) is 4.23. The van der Waals surface area contributed by atoms with Crippen molar-refractivity contribution in [3.05, 3.63) is 53.6 Å². The summed E-state index contributed by atoms with van der Waals surface area (Å²) in [7, 11) is 2.41. The molecule has 0 amide bonds. The van der Waals surface area contributed by atoms with Gasteiger partial charge in [0.05, 0.1) is 14.2 Å². The molecule has 5 heteroatoms. The first-order chi connectivity index (χ1) is 10.1. The molecule has 0 spiro atoms. The first-order valence-corrected chi connectivity index (χ1v) is 6.17. The lowest BCUT2D eigenvalue weighted by Crippen LogP contribution is -2.08. The van der Waals surface area contributed by atoms with Crippen LogP contribution in [-0.2, 0) is 9.47 Å². The van der Waals surface area contributed by atoms with E-state index in [1.165, 1.54) is 26.4 Å². The number of methoxy groups -OCH3 is 2. The summed E-state index contributed by atoms with van der Waals surface area (Å²) in [5.41, 5.74) is 1.24. The summed E-state index contributed by atoms with van der Waals surface area (Å²) in [5, 5.41) is 10.1. The highest BCUT2D eigenvalue weighted by atomic mass is 16.5. The molecule has 0 saturated heterocycles. The molecule has 0 aliphatic heterocycles. The van der Waals surface area contributed by atoms with Gasteiger partial charge in [-0.1, -0.05) is 30.3 Å². The number of carbonyl (C=O) groups is 2. The molecule has 21 heavy (non-hydrogen) atoms. The molecule has 1 N–H and O–H groups in total. The first-order valence-electron chi connectivity index (χ1n) is 6.17. The van der Waals surface area contributed by atoms with E-state index in [1.54, 1.807) is 0 Å². The number of aromatic hydroxyl groups is 1. The zero-order chi connectivity index (χ0) is 15.4. The Bertz CT molecular complexity index is 639. The van der Waals surface area contributed by atoms with Crippen LogP contribution < -0.4 is 0 Å². The zero-order valence-electron chi connectivity index (χ0n) is 11.6. The van der Waals surface area contributed by atoms with Gasteiger partial charge in [-0.3, -0.25) is 0 Å². The second-order valence-electron chi connectivity index (χ2n) is 4.27. The van der Waals surface area contributed by atoms with E-state index < -0.39 is 17.7 Å². The van der Waals surface area contributed by atoms with Gasteiger partial charge < -0.3 is 14.6 Å². The lowest BCUT2D eigenvalue weighted by Gasteiger charge is -2.11. The number of ether oxygens (including phenoxy) is 2. The van der Waals surface area contributed by atoms with Gasteiger partial charge in [0.1, 0.15) is 16.9 Å². The molecule has 108 valence electrons. The Labute approximate surface area is 121 Å². The predicted octanol–water partition coefficient (Wildman–Crippen LogP) is 2.63. The molecule has 2 aromatic carbocycles. The van der Waals surface area contributed by atoms with Crippen molar-refractivity contribution in [2.45, 2.75) is 0 Å². The van der Waals surface area contributed by atoms with Crippen LogP contribution in [0.15, 0.2) is 42.5 Å². The average molecular weight is 286 g/mol. The third-order valence-electron chi connectivity index (χ3n) is 3.03. The van der Waals surface area contributed by atoms with Crippen LogP contribution in [-0.4, -0.2) is 31.3 Å². The maximum Gasteiger partial charge on any atom is 0.341 e. The van der Waals surface area contributed by atoms with Gasteiger partial charge in [0.2, 0.25) is 0 Å². The number of rotatable bonds is 3. The topological polar surface area (TPSA) is 72.8 Å². The SMILES string of the molecule is COC(=O)c1cc(-c2ccccc2)cc(C(=O)OC)c1O. The largest absolute Gasteiger partial charge is 0.506 e. The van der Waals surface area contributed by atoms with Crippen molar-refractivity contribution >= 4 is 11.9 Å². The monoisotopic (exact) mass is 286 g/mol. The van der Waals surface area contributed by atoms with Gasteiger partial charge in [-0.15, -0.1) is 0 Å². The van der Waals surface area contributed by atoms with Crippen molar-refractivity contribution in [3.63, 3.8) is 0 Å². The van der Waals surface area contributed by atoms with Crippen molar-refractivity contribution in [2.24, 2.45) is 0 Å². The van der Waals surface area contributed by atoms with Gasteiger partial charge in [-0.05, 0) is 23.3 Å². The molecule has 0 heterocycles. The number of esters is 2. The molecule has 0 bridgehead atoms. The Morgan fingerprint density at radius 1 is 0.857 bits per heavy atom. The summed E-state index contributed by atoms with van der Waals surface area (Å²) >= 11 is 0. The summed E-state index contributed by atoms with van der Waals surface area (Å²) in [4.78, 5) is 23.5. The maximum absolute atomic E-state index is 11.7. The summed E-state index contributed by atoms with van der Waals surface area (Å²) in [6, 6.07) is 12.1. The molecule has 0 atom stereocenters. The van der Waals surface area contributed by atoms with Gasteiger partial charge >= 0.3 is 11.9 Å². The lowest BCUT2D eigenvalue weighted by atomic mass is 9.98. The summed E-state index contributed by atoms with van der Waals surface area (Å²) in [5.74, 6) is -1.90. The third-order valence-corrected chi connectivity index (χ3v) is 3.03. The first kappa shape index (κ1) is 14.6. The van der Waals surface area contributed by atoms with Gasteiger partial charge in [-0.25, -0.2) is 9.59 Å². The molecular weight excluding hydrogens is 272 g/mol. The second-order valence-corrected chi connectivity index (χ2v) is 4.27. The van der Waals surface area contributed by atoms with Crippen LogP contribution in [0, 0.1) is 0 Å². The minimum absolute atomic E-state index is 0.0840. The quantitative estimate of drug-likeness (QED) is 0.878. The smallest absolute Gasteiger partial charge is 0.341 e. The van der Waals surface area contributed by atoms with E-state index in [1.807, 2.05) is 30.3 Å². The number of phenolic OH excluding ortho intramolecular Hbond substituents is 1. The molecule has 0 fully saturated rings. The van der Waals surface area contributed by atoms with E-state index in [4.69, 9.17) is 0 Å². The molecule has 0 radical (unpaired) electrons. The molecule has 0 aliphatic rings. The average Bonchev–Trinajstić information content (AvgIpc) is 2.54. The summed E-state index contributed by atoms with van der Waals surface area (Å²) in [6.07, 6.45) is 0. The van der Waals surface area contributed by atoms with Crippen LogP contribution in [0.1, 0.15) is 20.7 Å². The van der Waals surface area contributed by atoms with Crippen molar-refractivity contribution in [3.8, 4) is 16.9 Å². The fraction of sp³-hybridized carbons (Fsp3) is 0.125. The van der Waals surface area contributed by atoms with Crippen LogP contribution >= 0.6 is 0 Å². The van der Waals surface area contributed by atoms with Crippen molar-refractivity contribution < 1.29 is 24.2 Å². The molecule has 2 rings (SSSR count). The van der Waals surface area contributed by atoms with E-state index in [0.29, 0.717) is 5.56 Å². The Balaban J connectivity index is 2.67. The van der Waals surface area contributed by atoms with Gasteiger partial charge in [-0.2, -0.15) is 0 Å². The number of phenols is 1. The van der Waals surface area contributed by atoms with Crippen LogP contribution in [0.2, 0.25) is 0 Å². The van der Waals surface area contributed by atoms with Crippen LogP contribution in [0.5, 0.6) is 5.75 Å². The van der Waals surface area contributed by atoms with Crippen molar-refractivity contribution in [1.29, 1.82) is 0 Å².